The van der Waals surface area contributed by atoms with Crippen LogP contribution in [0.1, 0.15) is 41.9 Å². The number of rotatable bonds is 7. The highest BCUT2D eigenvalue weighted by Crippen LogP contribution is 2.38. The van der Waals surface area contributed by atoms with Gasteiger partial charge in [-0.05, 0) is 37.1 Å². The molecule has 33 heavy (non-hydrogen) atoms. The van der Waals surface area contributed by atoms with Crippen molar-refractivity contribution in [3.8, 4) is 5.75 Å². The van der Waals surface area contributed by atoms with Gasteiger partial charge in [-0.2, -0.15) is 0 Å². The van der Waals surface area contributed by atoms with Crippen molar-refractivity contribution in [3.05, 3.63) is 58.7 Å². The molecule has 3 aromatic rings. The van der Waals surface area contributed by atoms with Crippen LogP contribution in [0.25, 0.3) is 10.1 Å². The predicted molar refractivity (Wildman–Crippen MR) is 128 cm³/mol. The molecule has 1 N–H and O–H groups in total. The summed E-state index contributed by atoms with van der Waals surface area (Å²) in [5.74, 6) is -0.490. The van der Waals surface area contributed by atoms with Gasteiger partial charge in [-0.3, -0.25) is 14.5 Å². The minimum atomic E-state index is -0.846. The van der Waals surface area contributed by atoms with Crippen molar-refractivity contribution in [2.24, 2.45) is 0 Å². The summed E-state index contributed by atoms with van der Waals surface area (Å²) in [6, 6.07) is 12.0. The Hall–Kier alpha value is -2.97. The molecule has 1 aliphatic heterocycles. The zero-order valence-corrected chi connectivity index (χ0v) is 19.7. The van der Waals surface area contributed by atoms with Crippen LogP contribution in [0.15, 0.2) is 42.5 Å². The number of anilines is 1. The van der Waals surface area contributed by atoms with E-state index in [0.29, 0.717) is 32.0 Å². The number of thiophene rings is 1. The van der Waals surface area contributed by atoms with E-state index in [1.165, 1.54) is 24.5 Å². The third-order valence-corrected chi connectivity index (χ3v) is 7.07. The minimum Gasteiger partial charge on any atom is -0.477 e. The summed E-state index contributed by atoms with van der Waals surface area (Å²) in [5, 5.41) is 3.41. The van der Waals surface area contributed by atoms with Gasteiger partial charge in [-0.1, -0.05) is 32.0 Å². The molecule has 8 heteroatoms. The summed E-state index contributed by atoms with van der Waals surface area (Å²) in [6.07, 6.45) is 0.769. The van der Waals surface area contributed by atoms with Gasteiger partial charge in [0.15, 0.2) is 6.10 Å². The van der Waals surface area contributed by atoms with Crippen LogP contribution in [0, 0.1) is 5.82 Å². The lowest BCUT2D eigenvalue weighted by atomic mass is 10.1. The number of hydrogen-bond donors (Lipinski definition) is 1. The van der Waals surface area contributed by atoms with Crippen LogP contribution in [0.5, 0.6) is 5.75 Å². The smallest absolute Gasteiger partial charge is 0.269 e. The van der Waals surface area contributed by atoms with Crippen molar-refractivity contribution >= 4 is 38.9 Å². The van der Waals surface area contributed by atoms with Crippen molar-refractivity contribution in [2.75, 3.05) is 18.6 Å². The minimum absolute atomic E-state index is 0.0429. The molecule has 0 fully saturated rings. The number of nitrogens with zero attached hydrogens (tertiary/aromatic N) is 1. The second-order valence-electron chi connectivity index (χ2n) is 7.97. The molecular formula is C25H27FN2O4S. The van der Waals surface area contributed by atoms with E-state index in [-0.39, 0.29) is 36.8 Å². The van der Waals surface area contributed by atoms with Crippen LogP contribution in [-0.2, 0) is 16.1 Å². The monoisotopic (exact) mass is 470 g/mol. The maximum atomic E-state index is 14.6. The van der Waals surface area contributed by atoms with E-state index in [9.17, 15) is 14.0 Å². The molecule has 4 rings (SSSR count). The van der Waals surface area contributed by atoms with Crippen molar-refractivity contribution in [3.63, 3.8) is 0 Å². The average Bonchev–Trinajstić information content (AvgIpc) is 3.21. The Balaban J connectivity index is 1.73. The molecular weight excluding hydrogens is 443 g/mol. The van der Waals surface area contributed by atoms with E-state index in [2.05, 4.69) is 5.32 Å². The largest absolute Gasteiger partial charge is 0.477 e. The number of halogens is 1. The molecule has 1 aliphatic rings. The van der Waals surface area contributed by atoms with Crippen molar-refractivity contribution in [2.45, 2.75) is 45.4 Å². The molecule has 2 aromatic carbocycles. The van der Waals surface area contributed by atoms with E-state index in [1.54, 1.807) is 35.2 Å². The summed E-state index contributed by atoms with van der Waals surface area (Å²) in [7, 11) is 1.51. The van der Waals surface area contributed by atoms with Gasteiger partial charge in [0, 0.05) is 28.8 Å². The zero-order chi connectivity index (χ0) is 23.5. The SMILES string of the molecule is CCC(CC)NC(=O)C1CN(C(=O)c2sc3cccc(F)c3c2COC)c2ccccc2O1. The van der Waals surface area contributed by atoms with Crippen LogP contribution < -0.4 is 15.0 Å². The Morgan fingerprint density at radius 3 is 2.70 bits per heavy atom. The molecule has 0 saturated carbocycles. The normalized spacial score (nSPS) is 15.4. The summed E-state index contributed by atoms with van der Waals surface area (Å²) < 4.78 is 26.6. The first-order chi connectivity index (χ1) is 16.0. The molecule has 1 atom stereocenters. The Bertz CT molecular complexity index is 1170. The van der Waals surface area contributed by atoms with Crippen LogP contribution in [0.2, 0.25) is 0 Å². The molecule has 1 aromatic heterocycles. The molecule has 0 radical (unpaired) electrons. The number of carbonyl (C=O) groups excluding carboxylic acids is 2. The fourth-order valence-corrected chi connectivity index (χ4v) is 5.27. The second-order valence-corrected chi connectivity index (χ2v) is 9.02. The van der Waals surface area contributed by atoms with Gasteiger partial charge in [0.25, 0.3) is 11.8 Å². The highest BCUT2D eigenvalue weighted by atomic mass is 32.1. The number of nitrogens with one attached hydrogen (secondary N) is 1. The lowest BCUT2D eigenvalue weighted by Crippen LogP contribution is -2.52. The van der Waals surface area contributed by atoms with Crippen LogP contribution in [-0.4, -0.2) is 37.6 Å². The Labute approximate surface area is 196 Å². The molecule has 2 amide bonds. The number of methoxy groups -OCH3 is 1. The Kier molecular flexibility index (Phi) is 6.95. The highest BCUT2D eigenvalue weighted by Gasteiger charge is 2.36. The number of para-hydroxylation sites is 2. The summed E-state index contributed by atoms with van der Waals surface area (Å²) in [6.45, 7) is 4.19. The first-order valence-electron chi connectivity index (χ1n) is 11.0. The molecule has 1 unspecified atom stereocenters. The highest BCUT2D eigenvalue weighted by molar-refractivity contribution is 7.21. The number of benzene rings is 2. The van der Waals surface area contributed by atoms with E-state index in [4.69, 9.17) is 9.47 Å². The third-order valence-electron chi connectivity index (χ3n) is 5.89. The number of hydrogen-bond acceptors (Lipinski definition) is 5. The lowest BCUT2D eigenvalue weighted by molar-refractivity contribution is -0.128. The third kappa shape index (κ3) is 4.45. The maximum Gasteiger partial charge on any atom is 0.269 e. The van der Waals surface area contributed by atoms with Gasteiger partial charge < -0.3 is 14.8 Å². The van der Waals surface area contributed by atoms with Crippen LogP contribution in [0.3, 0.4) is 0 Å². The standard InChI is InChI=1S/C25H27FN2O4S/c1-4-15(5-2)27-24(29)20-13-28(18-10-6-7-11-19(18)32-20)25(30)23-16(14-31-3)22-17(26)9-8-12-21(22)33-23/h6-12,15,20H,4-5,13-14H2,1-3H3,(H,27,29). The van der Waals surface area contributed by atoms with Gasteiger partial charge in [-0.25, -0.2) is 4.39 Å². The van der Waals surface area contributed by atoms with E-state index in [1.807, 2.05) is 19.9 Å². The second kappa shape index (κ2) is 9.89. The first kappa shape index (κ1) is 23.2. The van der Waals surface area contributed by atoms with Crippen LogP contribution >= 0.6 is 11.3 Å². The number of amides is 2. The quantitative estimate of drug-likeness (QED) is 0.533. The maximum absolute atomic E-state index is 14.6. The predicted octanol–water partition coefficient (Wildman–Crippen LogP) is 4.90. The topological polar surface area (TPSA) is 67.9 Å². The van der Waals surface area contributed by atoms with Gasteiger partial charge in [-0.15, -0.1) is 11.3 Å². The molecule has 0 spiro atoms. The molecule has 174 valence electrons. The zero-order valence-electron chi connectivity index (χ0n) is 18.9. The van der Waals surface area contributed by atoms with Crippen molar-refractivity contribution in [1.29, 1.82) is 0 Å². The number of carbonyl (C=O) groups is 2. The average molecular weight is 471 g/mol. The molecule has 6 nitrogen and oxygen atoms in total. The van der Waals surface area contributed by atoms with E-state index >= 15 is 0 Å². The summed E-state index contributed by atoms with van der Waals surface area (Å²) >= 11 is 1.23. The van der Waals surface area contributed by atoms with Crippen LogP contribution in [0.4, 0.5) is 10.1 Å². The first-order valence-corrected chi connectivity index (χ1v) is 11.9. The van der Waals surface area contributed by atoms with Gasteiger partial charge >= 0.3 is 0 Å². The Morgan fingerprint density at radius 2 is 1.97 bits per heavy atom. The Morgan fingerprint density at radius 1 is 1.21 bits per heavy atom. The number of ether oxygens (including phenoxy) is 2. The summed E-state index contributed by atoms with van der Waals surface area (Å²) in [5.41, 5.74) is 1.10. The number of fused-ring (bicyclic) bond motifs is 2. The van der Waals surface area contributed by atoms with Crippen molar-refractivity contribution in [1.82, 2.24) is 5.32 Å². The van der Waals surface area contributed by atoms with E-state index < -0.39 is 6.10 Å². The van der Waals surface area contributed by atoms with Gasteiger partial charge in [0.2, 0.25) is 0 Å². The fraction of sp³-hybridized carbons (Fsp3) is 0.360. The molecule has 0 bridgehead atoms. The summed E-state index contributed by atoms with van der Waals surface area (Å²) in [4.78, 5) is 28.7. The van der Waals surface area contributed by atoms with Crippen molar-refractivity contribution < 1.29 is 23.5 Å². The molecule has 0 saturated heterocycles. The molecule has 0 aliphatic carbocycles. The fourth-order valence-electron chi connectivity index (χ4n) is 4.09. The lowest BCUT2D eigenvalue weighted by Gasteiger charge is -2.34. The van der Waals surface area contributed by atoms with Gasteiger partial charge in [0.05, 0.1) is 23.7 Å². The van der Waals surface area contributed by atoms with Gasteiger partial charge in [0.1, 0.15) is 11.6 Å². The molecule has 2 heterocycles. The van der Waals surface area contributed by atoms with E-state index in [0.717, 1.165) is 12.8 Å².